The summed E-state index contributed by atoms with van der Waals surface area (Å²) in [4.78, 5) is 30.1. The lowest BCUT2D eigenvalue weighted by atomic mass is 9.79. The van der Waals surface area contributed by atoms with E-state index in [0.717, 1.165) is 46.1 Å². The smallest absolute Gasteiger partial charge is 0.419 e. The van der Waals surface area contributed by atoms with Gasteiger partial charge in [0.05, 0.1) is 22.1 Å². The third kappa shape index (κ3) is 5.34. The zero-order valence-corrected chi connectivity index (χ0v) is 23.6. The summed E-state index contributed by atoms with van der Waals surface area (Å²) in [6.07, 6.45) is 10.4. The Labute approximate surface area is 218 Å². The van der Waals surface area contributed by atoms with Gasteiger partial charge < -0.3 is 9.64 Å². The summed E-state index contributed by atoms with van der Waals surface area (Å²) in [5.41, 5.74) is 4.24. The highest BCUT2D eigenvalue weighted by Gasteiger charge is 2.38. The Kier molecular flexibility index (Phi) is 10.2. The highest BCUT2D eigenvalue weighted by Crippen LogP contribution is 2.45. The first-order chi connectivity index (χ1) is 16.8. The van der Waals surface area contributed by atoms with Crippen LogP contribution in [0.5, 0.6) is 0 Å². The lowest BCUT2D eigenvalue weighted by molar-refractivity contribution is -0.134. The number of carbonyl (C=O) groups is 2. The fourth-order valence-electron chi connectivity index (χ4n) is 4.95. The van der Waals surface area contributed by atoms with E-state index in [4.69, 9.17) is 4.74 Å². The molecule has 1 aromatic carbocycles. The predicted molar refractivity (Wildman–Crippen MR) is 147 cm³/mol. The van der Waals surface area contributed by atoms with Crippen molar-refractivity contribution in [3.63, 3.8) is 0 Å². The first-order valence-electron chi connectivity index (χ1n) is 12.4. The summed E-state index contributed by atoms with van der Waals surface area (Å²) >= 11 is 3.69. The van der Waals surface area contributed by atoms with Crippen molar-refractivity contribution in [2.24, 2.45) is 5.92 Å². The Balaban J connectivity index is 0.00000103. The van der Waals surface area contributed by atoms with Crippen LogP contribution in [0.2, 0.25) is 0 Å². The molecule has 7 heteroatoms. The fourth-order valence-corrected chi connectivity index (χ4v) is 5.65. The minimum Gasteiger partial charge on any atom is -0.446 e. The van der Waals surface area contributed by atoms with Gasteiger partial charge in [0.25, 0.3) is 0 Å². The monoisotopic (exact) mass is 543 g/mol. The second-order valence-electron chi connectivity index (χ2n) is 8.64. The number of terminal acetylenes is 1. The number of ether oxygens (including phenoxy) is 1. The van der Waals surface area contributed by atoms with Crippen LogP contribution >= 0.6 is 15.9 Å². The second kappa shape index (κ2) is 12.4. The van der Waals surface area contributed by atoms with Gasteiger partial charge in [0.2, 0.25) is 5.91 Å². The quantitative estimate of drug-likeness (QED) is 0.456. The molecule has 2 atom stereocenters. The predicted octanol–water partition coefficient (Wildman–Crippen LogP) is 5.81. The number of carbonyl (C=O) groups excluding carboxylic acids is 2. The number of rotatable bonds is 4. The molecule has 2 aromatic rings. The molecular formula is C28H38BrN3O3. The molecule has 0 fully saturated rings. The van der Waals surface area contributed by atoms with Gasteiger partial charge in [0, 0.05) is 31.1 Å². The van der Waals surface area contributed by atoms with Crippen molar-refractivity contribution in [3.8, 4) is 12.8 Å². The first-order valence-corrected chi connectivity index (χ1v) is 13.1. The van der Waals surface area contributed by atoms with Crippen LogP contribution in [0.4, 0.5) is 4.79 Å². The van der Waals surface area contributed by atoms with Crippen molar-refractivity contribution in [2.75, 3.05) is 26.7 Å². The molecule has 1 aliphatic carbocycles. The largest absolute Gasteiger partial charge is 0.446 e. The molecule has 0 saturated carbocycles. The Morgan fingerprint density at radius 2 is 1.83 bits per heavy atom. The Hall–Kier alpha value is -2.56. The fraction of sp³-hybridized carbons (Fsp3) is 0.500. The van der Waals surface area contributed by atoms with E-state index in [1.165, 1.54) is 5.57 Å². The van der Waals surface area contributed by atoms with Gasteiger partial charge in [-0.1, -0.05) is 32.1 Å². The summed E-state index contributed by atoms with van der Waals surface area (Å²) in [5, 5.41) is 1.07. The van der Waals surface area contributed by atoms with Crippen LogP contribution in [0.3, 0.4) is 0 Å². The Morgan fingerprint density at radius 3 is 2.40 bits per heavy atom. The normalized spacial score (nSPS) is 18.4. The minimum absolute atomic E-state index is 0.163. The summed E-state index contributed by atoms with van der Waals surface area (Å²) in [6, 6.07) is 6.21. The maximum Gasteiger partial charge on any atom is 0.419 e. The molecule has 1 amide bonds. The van der Waals surface area contributed by atoms with Crippen LogP contribution in [-0.4, -0.2) is 65.2 Å². The lowest BCUT2D eigenvalue weighted by Gasteiger charge is -2.40. The van der Waals surface area contributed by atoms with Crippen molar-refractivity contribution in [3.05, 3.63) is 40.0 Å². The molecule has 6 nitrogen and oxygen atoms in total. The molecule has 2 heterocycles. The van der Waals surface area contributed by atoms with Gasteiger partial charge in [0.1, 0.15) is 0 Å². The lowest BCUT2D eigenvalue weighted by Crippen LogP contribution is -2.47. The zero-order valence-electron chi connectivity index (χ0n) is 22.0. The highest BCUT2D eigenvalue weighted by molar-refractivity contribution is 9.10. The van der Waals surface area contributed by atoms with Gasteiger partial charge in [0.15, 0.2) is 0 Å². The maximum absolute atomic E-state index is 13.1. The highest BCUT2D eigenvalue weighted by atomic mass is 79.9. The van der Waals surface area contributed by atoms with Gasteiger partial charge in [-0.2, -0.15) is 0 Å². The second-order valence-corrected chi connectivity index (χ2v) is 9.39. The molecular weight excluding hydrogens is 506 g/mol. The number of halogens is 1. The summed E-state index contributed by atoms with van der Waals surface area (Å²) in [7, 11) is 2.09. The average Bonchev–Trinajstić information content (AvgIpc) is 3.15. The van der Waals surface area contributed by atoms with Crippen molar-refractivity contribution in [2.45, 2.75) is 60.1 Å². The standard InChI is InChI=1S/C24H30BrN3O3.C2H6.C2H2/c1-6-27(7-2)23(29)15-11-17-16-9-8-10-19-21(16)18(12-20(17)26(5)13-15)22(25)28(19)24(30)31-14(3)4;2*1-2/h8-11,14-15,20H,6-7,12-13H2,1-5H3;1-2H3;1-2H. The van der Waals surface area contributed by atoms with Crippen molar-refractivity contribution < 1.29 is 14.3 Å². The topological polar surface area (TPSA) is 54.8 Å². The summed E-state index contributed by atoms with van der Waals surface area (Å²) in [5.74, 6) is 0.0180. The van der Waals surface area contributed by atoms with Crippen LogP contribution in [0.1, 0.15) is 52.7 Å². The van der Waals surface area contributed by atoms with Crippen molar-refractivity contribution >= 4 is 44.4 Å². The molecule has 190 valence electrons. The van der Waals surface area contributed by atoms with Gasteiger partial charge in [-0.15, -0.1) is 12.8 Å². The number of amides is 1. The molecule has 2 aliphatic rings. The van der Waals surface area contributed by atoms with Crippen molar-refractivity contribution in [1.29, 1.82) is 0 Å². The Morgan fingerprint density at radius 1 is 1.20 bits per heavy atom. The van der Waals surface area contributed by atoms with Gasteiger partial charge >= 0.3 is 6.09 Å². The summed E-state index contributed by atoms with van der Waals surface area (Å²) < 4.78 is 7.89. The van der Waals surface area contributed by atoms with E-state index in [9.17, 15) is 9.59 Å². The third-order valence-electron chi connectivity index (χ3n) is 6.41. The number of benzene rings is 1. The molecule has 0 spiro atoms. The number of nitrogens with zero attached hydrogens (tertiary/aromatic N) is 3. The average molecular weight is 545 g/mol. The third-order valence-corrected chi connectivity index (χ3v) is 7.24. The van der Waals surface area contributed by atoms with Gasteiger partial charge in [-0.25, -0.2) is 9.36 Å². The Bertz CT molecular complexity index is 1110. The number of hydrogen-bond acceptors (Lipinski definition) is 4. The van der Waals surface area contributed by atoms with Crippen LogP contribution in [0.15, 0.2) is 28.9 Å². The molecule has 1 aliphatic heterocycles. The number of aromatic nitrogens is 1. The minimum atomic E-state index is -0.378. The van der Waals surface area contributed by atoms with Crippen LogP contribution in [-0.2, 0) is 16.0 Å². The molecule has 1 aromatic heterocycles. The molecule has 0 N–H and O–H groups in total. The number of fused-ring (bicyclic) bond motifs is 2. The number of hydrogen-bond donors (Lipinski definition) is 0. The van der Waals surface area contributed by atoms with E-state index in [1.54, 1.807) is 4.57 Å². The SMILES string of the molecule is C#C.CC.CCN(CC)C(=O)C1C=C2c3cccc4c3c(c(Br)n4C(=O)OC(C)C)CC2N(C)C1. The van der Waals surface area contributed by atoms with E-state index in [1.807, 2.05) is 58.6 Å². The molecule has 35 heavy (non-hydrogen) atoms. The maximum atomic E-state index is 13.1. The summed E-state index contributed by atoms with van der Waals surface area (Å²) in [6.45, 7) is 13.9. The first kappa shape index (κ1) is 28.7. The van der Waals surface area contributed by atoms with E-state index in [-0.39, 0.29) is 30.1 Å². The molecule has 0 radical (unpaired) electrons. The van der Waals surface area contributed by atoms with E-state index >= 15 is 0 Å². The van der Waals surface area contributed by atoms with Gasteiger partial charge in [-0.3, -0.25) is 9.69 Å². The van der Waals surface area contributed by atoms with E-state index in [2.05, 4.69) is 52.9 Å². The van der Waals surface area contributed by atoms with Crippen LogP contribution in [0.25, 0.3) is 16.5 Å². The number of likely N-dealkylation sites (N-methyl/N-ethyl adjacent to an activating group) is 1. The zero-order chi connectivity index (χ0) is 26.4. The molecule has 4 rings (SSSR count). The van der Waals surface area contributed by atoms with Gasteiger partial charge in [-0.05, 0) is 79.9 Å². The van der Waals surface area contributed by atoms with Crippen molar-refractivity contribution in [1.82, 2.24) is 14.4 Å². The molecule has 2 unspecified atom stereocenters. The molecule has 0 bridgehead atoms. The van der Waals surface area contributed by atoms with Crippen LogP contribution in [0, 0.1) is 18.8 Å². The molecule has 0 saturated heterocycles. The van der Waals surface area contributed by atoms with E-state index < -0.39 is 0 Å². The van der Waals surface area contributed by atoms with Crippen LogP contribution < -0.4 is 0 Å². The van der Waals surface area contributed by atoms with E-state index in [0.29, 0.717) is 6.54 Å².